The number of benzene rings is 1. The number of hydrogen-bond acceptors (Lipinski definition) is 4. The Bertz CT molecular complexity index is 380. The Hall–Kier alpha value is -1.17. The van der Waals surface area contributed by atoms with E-state index in [9.17, 15) is 4.39 Å². The fourth-order valence-corrected chi connectivity index (χ4v) is 1.95. The predicted octanol–water partition coefficient (Wildman–Crippen LogP) is 0.621. The van der Waals surface area contributed by atoms with Crippen LogP contribution in [0.2, 0.25) is 0 Å². The topological polar surface area (TPSA) is 64.5 Å². The molecule has 2 rings (SSSR count). The van der Waals surface area contributed by atoms with Crippen LogP contribution in [-0.4, -0.2) is 32.8 Å². The van der Waals surface area contributed by atoms with Crippen LogP contribution in [0.25, 0.3) is 0 Å². The second-order valence-corrected chi connectivity index (χ2v) is 4.15. The normalized spacial score (nSPS) is 18.2. The first-order valence-corrected chi connectivity index (χ1v) is 5.80. The summed E-state index contributed by atoms with van der Waals surface area (Å²) in [5.41, 5.74) is 12.6. The molecule has 0 saturated carbocycles. The van der Waals surface area contributed by atoms with E-state index in [0.29, 0.717) is 25.4 Å². The van der Waals surface area contributed by atoms with Crippen LogP contribution in [0.4, 0.5) is 10.1 Å². The Morgan fingerprint density at radius 2 is 2.06 bits per heavy atom. The minimum atomic E-state index is -0.303. The minimum Gasteiger partial charge on any atom is -0.378 e. The van der Waals surface area contributed by atoms with Crippen LogP contribution >= 0.6 is 0 Å². The standard InChI is InChI=1S/C12H18FN3O/c13-10-7-9(11(15)8-14)1-2-12(10)16-3-5-17-6-4-16/h1-2,7,11H,3-6,8,14-15H2. The summed E-state index contributed by atoms with van der Waals surface area (Å²) in [6.45, 7) is 3.04. The average molecular weight is 239 g/mol. The molecule has 4 N–H and O–H groups in total. The first-order valence-electron chi connectivity index (χ1n) is 5.80. The van der Waals surface area contributed by atoms with E-state index in [0.717, 1.165) is 18.7 Å². The first-order chi connectivity index (χ1) is 8.22. The Morgan fingerprint density at radius 1 is 1.35 bits per heavy atom. The molecular weight excluding hydrogens is 221 g/mol. The zero-order chi connectivity index (χ0) is 12.3. The molecule has 94 valence electrons. The van der Waals surface area contributed by atoms with Crippen LogP contribution in [0.5, 0.6) is 0 Å². The van der Waals surface area contributed by atoms with E-state index in [1.54, 1.807) is 6.07 Å². The zero-order valence-corrected chi connectivity index (χ0v) is 9.73. The third kappa shape index (κ3) is 2.74. The molecule has 1 fully saturated rings. The van der Waals surface area contributed by atoms with Gasteiger partial charge in [-0.2, -0.15) is 0 Å². The van der Waals surface area contributed by atoms with Crippen LogP contribution in [-0.2, 0) is 4.74 Å². The third-order valence-corrected chi connectivity index (χ3v) is 3.01. The molecular formula is C12H18FN3O. The fourth-order valence-electron chi connectivity index (χ4n) is 1.95. The summed E-state index contributed by atoms with van der Waals surface area (Å²) in [5.74, 6) is -0.242. The van der Waals surface area contributed by atoms with Gasteiger partial charge >= 0.3 is 0 Å². The van der Waals surface area contributed by atoms with E-state index in [1.165, 1.54) is 6.07 Å². The maximum absolute atomic E-state index is 14.0. The lowest BCUT2D eigenvalue weighted by molar-refractivity contribution is 0.122. The van der Waals surface area contributed by atoms with Crippen molar-refractivity contribution in [2.45, 2.75) is 6.04 Å². The zero-order valence-electron chi connectivity index (χ0n) is 9.73. The van der Waals surface area contributed by atoms with Crippen molar-refractivity contribution < 1.29 is 9.13 Å². The average Bonchev–Trinajstić information content (AvgIpc) is 2.38. The summed E-state index contributed by atoms with van der Waals surface area (Å²) in [6, 6.07) is 4.78. The highest BCUT2D eigenvalue weighted by molar-refractivity contribution is 5.50. The summed E-state index contributed by atoms with van der Waals surface area (Å²) in [7, 11) is 0. The van der Waals surface area contributed by atoms with Crippen LogP contribution in [0.3, 0.4) is 0 Å². The van der Waals surface area contributed by atoms with Crippen molar-refractivity contribution in [2.75, 3.05) is 37.7 Å². The van der Waals surface area contributed by atoms with E-state index >= 15 is 0 Å². The second-order valence-electron chi connectivity index (χ2n) is 4.15. The van der Waals surface area contributed by atoms with Gasteiger partial charge in [-0.3, -0.25) is 0 Å². The van der Waals surface area contributed by atoms with Gasteiger partial charge in [-0.15, -0.1) is 0 Å². The van der Waals surface area contributed by atoms with E-state index in [1.807, 2.05) is 11.0 Å². The van der Waals surface area contributed by atoms with Crippen molar-refractivity contribution in [2.24, 2.45) is 11.5 Å². The number of anilines is 1. The van der Waals surface area contributed by atoms with Gasteiger partial charge in [0.2, 0.25) is 0 Å². The molecule has 0 aromatic heterocycles. The highest BCUT2D eigenvalue weighted by Crippen LogP contribution is 2.23. The Labute approximate surface area is 100 Å². The van der Waals surface area contributed by atoms with E-state index in [4.69, 9.17) is 16.2 Å². The smallest absolute Gasteiger partial charge is 0.146 e. The molecule has 1 aromatic rings. The molecule has 0 bridgehead atoms. The van der Waals surface area contributed by atoms with Crippen LogP contribution < -0.4 is 16.4 Å². The number of rotatable bonds is 3. The molecule has 1 aliphatic rings. The van der Waals surface area contributed by atoms with E-state index < -0.39 is 0 Å². The number of ether oxygens (including phenoxy) is 1. The highest BCUT2D eigenvalue weighted by atomic mass is 19.1. The van der Waals surface area contributed by atoms with Gasteiger partial charge in [0.15, 0.2) is 0 Å². The summed E-state index contributed by atoms with van der Waals surface area (Å²) in [6.07, 6.45) is 0. The number of nitrogens with zero attached hydrogens (tertiary/aromatic N) is 1. The molecule has 1 heterocycles. The maximum Gasteiger partial charge on any atom is 0.146 e. The van der Waals surface area contributed by atoms with Crippen molar-refractivity contribution in [3.05, 3.63) is 29.6 Å². The van der Waals surface area contributed by atoms with Gasteiger partial charge in [0.25, 0.3) is 0 Å². The fraction of sp³-hybridized carbons (Fsp3) is 0.500. The predicted molar refractivity (Wildman–Crippen MR) is 65.4 cm³/mol. The molecule has 0 amide bonds. The lowest BCUT2D eigenvalue weighted by Crippen LogP contribution is -2.36. The molecule has 1 aliphatic heterocycles. The molecule has 1 unspecified atom stereocenters. The van der Waals surface area contributed by atoms with E-state index in [2.05, 4.69) is 0 Å². The van der Waals surface area contributed by atoms with Crippen molar-refractivity contribution in [3.63, 3.8) is 0 Å². The molecule has 5 heteroatoms. The van der Waals surface area contributed by atoms with Gasteiger partial charge in [-0.05, 0) is 17.7 Å². The number of halogens is 1. The maximum atomic E-state index is 14.0. The highest BCUT2D eigenvalue weighted by Gasteiger charge is 2.16. The third-order valence-electron chi connectivity index (χ3n) is 3.01. The summed E-state index contributed by atoms with van der Waals surface area (Å²) < 4.78 is 19.2. The van der Waals surface area contributed by atoms with E-state index in [-0.39, 0.29) is 11.9 Å². The lowest BCUT2D eigenvalue weighted by Gasteiger charge is -2.29. The van der Waals surface area contributed by atoms with Gasteiger partial charge in [0.1, 0.15) is 5.82 Å². The van der Waals surface area contributed by atoms with Crippen molar-refractivity contribution in [1.29, 1.82) is 0 Å². The largest absolute Gasteiger partial charge is 0.378 e. The number of nitrogens with two attached hydrogens (primary N) is 2. The quantitative estimate of drug-likeness (QED) is 0.811. The van der Waals surface area contributed by atoms with Gasteiger partial charge in [-0.1, -0.05) is 6.07 Å². The Morgan fingerprint density at radius 3 is 2.65 bits per heavy atom. The van der Waals surface area contributed by atoms with Crippen LogP contribution in [0, 0.1) is 5.82 Å². The van der Waals surface area contributed by atoms with Crippen molar-refractivity contribution >= 4 is 5.69 Å². The van der Waals surface area contributed by atoms with Crippen molar-refractivity contribution in [1.82, 2.24) is 0 Å². The Kier molecular flexibility index (Phi) is 3.93. The number of morpholine rings is 1. The first kappa shape index (κ1) is 12.3. The lowest BCUT2D eigenvalue weighted by atomic mass is 10.1. The second kappa shape index (κ2) is 5.44. The minimum absolute atomic E-state index is 0.242. The van der Waals surface area contributed by atoms with Gasteiger partial charge in [0.05, 0.1) is 18.9 Å². The molecule has 0 spiro atoms. The summed E-state index contributed by atoms with van der Waals surface area (Å²) in [5, 5.41) is 0. The summed E-state index contributed by atoms with van der Waals surface area (Å²) >= 11 is 0. The van der Waals surface area contributed by atoms with Crippen molar-refractivity contribution in [3.8, 4) is 0 Å². The van der Waals surface area contributed by atoms with Gasteiger partial charge in [0, 0.05) is 25.7 Å². The molecule has 4 nitrogen and oxygen atoms in total. The SMILES string of the molecule is NCC(N)c1ccc(N2CCOCC2)c(F)c1. The molecule has 17 heavy (non-hydrogen) atoms. The molecule has 1 saturated heterocycles. The monoisotopic (exact) mass is 239 g/mol. The molecule has 0 radical (unpaired) electrons. The molecule has 0 aliphatic carbocycles. The van der Waals surface area contributed by atoms with Crippen LogP contribution in [0.1, 0.15) is 11.6 Å². The number of hydrogen-bond donors (Lipinski definition) is 2. The van der Waals surface area contributed by atoms with Gasteiger partial charge < -0.3 is 21.1 Å². The molecule has 1 atom stereocenters. The van der Waals surface area contributed by atoms with Crippen LogP contribution in [0.15, 0.2) is 18.2 Å². The molecule has 1 aromatic carbocycles. The van der Waals surface area contributed by atoms with Gasteiger partial charge in [-0.25, -0.2) is 4.39 Å². The summed E-state index contributed by atoms with van der Waals surface area (Å²) in [4.78, 5) is 1.98. The Balaban J connectivity index is 2.18.